The third kappa shape index (κ3) is 2.65. The zero-order valence-electron chi connectivity index (χ0n) is 6.19. The van der Waals surface area contributed by atoms with Crippen molar-refractivity contribution in [2.24, 2.45) is 5.73 Å². The smallest absolute Gasteiger partial charge is 0.236 e. The molecule has 1 aliphatic rings. The highest BCUT2D eigenvalue weighted by Crippen LogP contribution is 2.07. The van der Waals surface area contributed by atoms with Gasteiger partial charge in [-0.3, -0.25) is 4.79 Å². The van der Waals surface area contributed by atoms with Crippen LogP contribution in [0.25, 0.3) is 0 Å². The van der Waals surface area contributed by atoms with E-state index in [2.05, 4.69) is 0 Å². The lowest BCUT2D eigenvalue weighted by Gasteiger charge is -2.13. The van der Waals surface area contributed by atoms with Gasteiger partial charge < -0.3 is 15.7 Å². The summed E-state index contributed by atoms with van der Waals surface area (Å²) in [4.78, 5) is 12.4. The maximum Gasteiger partial charge on any atom is 0.236 e. The Hall–Kier alpha value is -0.320. The maximum absolute atomic E-state index is 10.8. The number of rotatable bonds is 1. The first kappa shape index (κ1) is 10.7. The minimum Gasteiger partial charge on any atom is -0.391 e. The number of halogens is 1. The fourth-order valence-corrected chi connectivity index (χ4v) is 1.10. The number of hydrogen-bond donors (Lipinski definition) is 2. The van der Waals surface area contributed by atoms with Crippen molar-refractivity contribution in [3.8, 4) is 0 Å². The van der Waals surface area contributed by atoms with Crippen LogP contribution in [0.2, 0.25) is 0 Å². The molecule has 0 radical (unpaired) electrons. The van der Waals surface area contributed by atoms with Gasteiger partial charge in [-0.25, -0.2) is 0 Å². The molecule has 0 aromatic carbocycles. The fraction of sp³-hybridized carbons (Fsp3) is 0.833. The maximum atomic E-state index is 10.8. The summed E-state index contributed by atoms with van der Waals surface area (Å²) in [5.74, 6) is -0.0726. The van der Waals surface area contributed by atoms with E-state index in [9.17, 15) is 4.79 Å². The summed E-state index contributed by atoms with van der Waals surface area (Å²) >= 11 is 0. The first-order valence-electron chi connectivity index (χ1n) is 3.40. The van der Waals surface area contributed by atoms with Crippen molar-refractivity contribution in [1.82, 2.24) is 4.90 Å². The van der Waals surface area contributed by atoms with Gasteiger partial charge in [-0.1, -0.05) is 0 Å². The average Bonchev–Trinajstić information content (AvgIpc) is 2.34. The van der Waals surface area contributed by atoms with Crippen LogP contribution in [0, 0.1) is 0 Å². The van der Waals surface area contributed by atoms with Crippen LogP contribution in [-0.2, 0) is 4.79 Å². The summed E-state index contributed by atoms with van der Waals surface area (Å²) in [7, 11) is 0. The van der Waals surface area contributed by atoms with E-state index in [4.69, 9.17) is 10.8 Å². The lowest BCUT2D eigenvalue weighted by molar-refractivity contribution is -0.128. The van der Waals surface area contributed by atoms with E-state index >= 15 is 0 Å². The van der Waals surface area contributed by atoms with Crippen LogP contribution < -0.4 is 5.73 Å². The van der Waals surface area contributed by atoms with Crippen LogP contribution in [0.4, 0.5) is 0 Å². The van der Waals surface area contributed by atoms with Gasteiger partial charge in [-0.2, -0.15) is 0 Å². The molecule has 1 fully saturated rings. The van der Waals surface area contributed by atoms with Gasteiger partial charge in [0.2, 0.25) is 5.91 Å². The third-order valence-electron chi connectivity index (χ3n) is 1.69. The van der Waals surface area contributed by atoms with Gasteiger partial charge in [0.05, 0.1) is 12.6 Å². The predicted molar refractivity (Wildman–Crippen MR) is 43.5 cm³/mol. The van der Waals surface area contributed by atoms with Crippen molar-refractivity contribution in [3.63, 3.8) is 0 Å². The zero-order valence-corrected chi connectivity index (χ0v) is 7.01. The van der Waals surface area contributed by atoms with E-state index in [1.165, 1.54) is 0 Å². The number of nitrogens with two attached hydrogens (primary N) is 1. The van der Waals surface area contributed by atoms with Crippen LogP contribution in [0.1, 0.15) is 6.42 Å². The minimum absolute atomic E-state index is 0. The third-order valence-corrected chi connectivity index (χ3v) is 1.69. The van der Waals surface area contributed by atoms with Crippen molar-refractivity contribution >= 4 is 18.3 Å². The molecule has 4 nitrogen and oxygen atoms in total. The Bertz CT molecular complexity index is 143. The largest absolute Gasteiger partial charge is 0.391 e. The van der Waals surface area contributed by atoms with Gasteiger partial charge in [0.1, 0.15) is 0 Å². The zero-order chi connectivity index (χ0) is 7.56. The van der Waals surface area contributed by atoms with E-state index in [-0.39, 0.29) is 31.0 Å². The molecule has 0 bridgehead atoms. The number of β-amino-alcohol motifs (C(OH)–C–C–N with tert-alkyl or cyclic N) is 1. The first-order valence-corrected chi connectivity index (χ1v) is 3.40. The van der Waals surface area contributed by atoms with Crippen molar-refractivity contribution in [2.75, 3.05) is 19.6 Å². The lowest BCUT2D eigenvalue weighted by Crippen LogP contribution is -2.34. The van der Waals surface area contributed by atoms with Gasteiger partial charge in [0.25, 0.3) is 0 Å². The standard InChI is InChI=1S/C6H12N2O2.ClH/c7-3-6(10)8-2-1-5(9)4-8;/h5,9H,1-4,7H2;1H. The molecular formula is C6H13ClN2O2. The molecule has 0 saturated carbocycles. The van der Waals surface area contributed by atoms with Gasteiger partial charge in [0, 0.05) is 13.1 Å². The second-order valence-corrected chi connectivity index (χ2v) is 2.49. The number of nitrogens with zero attached hydrogens (tertiary/aromatic N) is 1. The fourth-order valence-electron chi connectivity index (χ4n) is 1.10. The van der Waals surface area contributed by atoms with E-state index in [0.29, 0.717) is 19.5 Å². The Labute approximate surface area is 71.8 Å². The SMILES string of the molecule is Cl.NCC(=O)N1CCC(O)C1. The second-order valence-electron chi connectivity index (χ2n) is 2.49. The summed E-state index contributed by atoms with van der Waals surface area (Å²) in [5.41, 5.74) is 5.12. The summed E-state index contributed by atoms with van der Waals surface area (Å²) in [6.45, 7) is 1.15. The Kier molecular flexibility index (Phi) is 4.40. The molecular weight excluding hydrogens is 168 g/mol. The Morgan fingerprint density at radius 2 is 2.36 bits per heavy atom. The molecule has 0 aliphatic carbocycles. The highest BCUT2D eigenvalue weighted by molar-refractivity contribution is 5.85. The van der Waals surface area contributed by atoms with Gasteiger partial charge >= 0.3 is 0 Å². The molecule has 1 saturated heterocycles. The molecule has 1 atom stereocenters. The van der Waals surface area contributed by atoms with E-state index in [1.54, 1.807) is 4.90 Å². The highest BCUT2D eigenvalue weighted by atomic mass is 35.5. The molecule has 0 aromatic heterocycles. The number of likely N-dealkylation sites (tertiary alicyclic amines) is 1. The monoisotopic (exact) mass is 180 g/mol. The molecule has 1 amide bonds. The average molecular weight is 181 g/mol. The normalized spacial score (nSPS) is 23.1. The number of aliphatic hydroxyl groups excluding tert-OH is 1. The number of amides is 1. The van der Waals surface area contributed by atoms with Crippen LogP contribution >= 0.6 is 12.4 Å². The molecule has 3 N–H and O–H groups in total. The van der Waals surface area contributed by atoms with Crippen molar-refractivity contribution in [3.05, 3.63) is 0 Å². The minimum atomic E-state index is -0.338. The summed E-state index contributed by atoms with van der Waals surface area (Å²) < 4.78 is 0. The topological polar surface area (TPSA) is 66.6 Å². The van der Waals surface area contributed by atoms with E-state index in [1.807, 2.05) is 0 Å². The molecule has 1 heterocycles. The molecule has 0 spiro atoms. The molecule has 1 aliphatic heterocycles. The molecule has 1 unspecified atom stereocenters. The predicted octanol–water partition coefficient (Wildman–Crippen LogP) is -1.04. The van der Waals surface area contributed by atoms with Crippen molar-refractivity contribution in [1.29, 1.82) is 0 Å². The Morgan fingerprint density at radius 3 is 2.73 bits per heavy atom. The van der Waals surface area contributed by atoms with E-state index in [0.717, 1.165) is 0 Å². The van der Waals surface area contributed by atoms with Gasteiger partial charge in [0.15, 0.2) is 0 Å². The summed E-state index contributed by atoms with van der Waals surface area (Å²) in [6.07, 6.45) is 0.349. The number of carbonyl (C=O) groups excluding carboxylic acids is 1. The van der Waals surface area contributed by atoms with E-state index < -0.39 is 0 Å². The molecule has 11 heavy (non-hydrogen) atoms. The van der Waals surface area contributed by atoms with Gasteiger partial charge in [-0.15, -0.1) is 12.4 Å². The van der Waals surface area contributed by atoms with Crippen LogP contribution in [0.3, 0.4) is 0 Å². The second kappa shape index (κ2) is 4.54. The number of hydrogen-bond acceptors (Lipinski definition) is 3. The highest BCUT2D eigenvalue weighted by Gasteiger charge is 2.22. The molecule has 1 rings (SSSR count). The lowest BCUT2D eigenvalue weighted by atomic mass is 10.3. The first-order chi connectivity index (χ1) is 4.74. The van der Waals surface area contributed by atoms with Crippen molar-refractivity contribution in [2.45, 2.75) is 12.5 Å². The molecule has 0 aromatic rings. The van der Waals surface area contributed by atoms with Crippen LogP contribution in [0.5, 0.6) is 0 Å². The molecule has 5 heteroatoms. The summed E-state index contributed by atoms with van der Waals surface area (Å²) in [5, 5.41) is 9.01. The Morgan fingerprint density at radius 1 is 1.73 bits per heavy atom. The Balaban J connectivity index is 0.000001000. The van der Waals surface area contributed by atoms with Crippen molar-refractivity contribution < 1.29 is 9.90 Å². The van der Waals surface area contributed by atoms with Crippen LogP contribution in [0.15, 0.2) is 0 Å². The molecule has 66 valence electrons. The number of aliphatic hydroxyl groups is 1. The number of carbonyl (C=O) groups is 1. The quantitative estimate of drug-likeness (QED) is 0.542. The van der Waals surface area contributed by atoms with Crippen LogP contribution in [-0.4, -0.2) is 41.7 Å². The van der Waals surface area contributed by atoms with Gasteiger partial charge in [-0.05, 0) is 6.42 Å². The summed E-state index contributed by atoms with van der Waals surface area (Å²) in [6, 6.07) is 0.